The molecule has 33 heavy (non-hydrogen) atoms. The highest BCUT2D eigenvalue weighted by atomic mass is 32.1. The monoisotopic (exact) mass is 457 g/mol. The smallest absolute Gasteiger partial charge is 0.263 e. The molecule has 3 aromatic heterocycles. The van der Waals surface area contributed by atoms with Crippen LogP contribution in [0.15, 0.2) is 69.7 Å². The molecule has 0 spiro atoms. The molecule has 0 saturated heterocycles. The molecule has 0 aliphatic carbocycles. The molecule has 0 amide bonds. The summed E-state index contributed by atoms with van der Waals surface area (Å²) in [6.07, 6.45) is 2.38. The fourth-order valence-corrected chi connectivity index (χ4v) is 4.95. The standard InChI is InChI=1S/C26H23N3O3S/c1-3-10-32-23-13-27-20(12-22(23)30)14-29-16(2)28-25-24(26(29)31)21(15-33-25)19-9-8-17-6-4-5-7-18(17)11-19/h4-9,11-13,15H,3,10,14H2,1-2H3,(H,27,30). The molecule has 6 nitrogen and oxygen atoms in total. The number of rotatable bonds is 6. The van der Waals surface area contributed by atoms with Crippen molar-refractivity contribution in [2.45, 2.75) is 26.8 Å². The van der Waals surface area contributed by atoms with Gasteiger partial charge in [0.25, 0.3) is 5.56 Å². The Morgan fingerprint density at radius 2 is 1.91 bits per heavy atom. The summed E-state index contributed by atoms with van der Waals surface area (Å²) in [6.45, 7) is 4.51. The molecule has 5 rings (SSSR count). The Balaban J connectivity index is 1.57. The number of thiophene rings is 1. The summed E-state index contributed by atoms with van der Waals surface area (Å²) < 4.78 is 7.07. The zero-order chi connectivity index (χ0) is 22.9. The van der Waals surface area contributed by atoms with Gasteiger partial charge in [0.2, 0.25) is 5.43 Å². The van der Waals surface area contributed by atoms with Crippen LogP contribution in [0, 0.1) is 6.92 Å². The topological polar surface area (TPSA) is 77.0 Å². The van der Waals surface area contributed by atoms with E-state index in [0.717, 1.165) is 28.3 Å². The summed E-state index contributed by atoms with van der Waals surface area (Å²) >= 11 is 1.47. The van der Waals surface area contributed by atoms with E-state index in [2.05, 4.69) is 34.2 Å². The number of ether oxygens (including phenoxy) is 1. The predicted octanol–water partition coefficient (Wildman–Crippen LogP) is 5.11. The second-order valence-corrected chi connectivity index (χ2v) is 8.84. The summed E-state index contributed by atoms with van der Waals surface area (Å²) in [5.41, 5.74) is 2.17. The van der Waals surface area contributed by atoms with Gasteiger partial charge in [0.1, 0.15) is 10.7 Å². The number of aryl methyl sites for hydroxylation is 1. The van der Waals surface area contributed by atoms with Gasteiger partial charge in [-0.25, -0.2) is 4.98 Å². The normalized spacial score (nSPS) is 11.3. The third-order valence-corrected chi connectivity index (χ3v) is 6.54. The number of aromatic nitrogens is 3. The summed E-state index contributed by atoms with van der Waals surface area (Å²) in [5.74, 6) is 0.890. The first kappa shape index (κ1) is 21.2. The van der Waals surface area contributed by atoms with Crippen molar-refractivity contribution in [1.82, 2.24) is 14.5 Å². The van der Waals surface area contributed by atoms with Crippen LogP contribution in [0.1, 0.15) is 24.9 Å². The summed E-state index contributed by atoms with van der Waals surface area (Å²) in [4.78, 5) is 34.4. The van der Waals surface area contributed by atoms with Crippen molar-refractivity contribution in [2.75, 3.05) is 6.61 Å². The van der Waals surface area contributed by atoms with Crippen LogP contribution in [0.2, 0.25) is 0 Å². The van der Waals surface area contributed by atoms with E-state index < -0.39 is 0 Å². The number of hydrogen-bond donors (Lipinski definition) is 1. The molecule has 0 fully saturated rings. The molecule has 166 valence electrons. The van der Waals surface area contributed by atoms with Crippen LogP contribution in [0.5, 0.6) is 5.75 Å². The van der Waals surface area contributed by atoms with Gasteiger partial charge in [-0.2, -0.15) is 0 Å². The molecule has 2 aromatic carbocycles. The number of benzene rings is 2. The van der Waals surface area contributed by atoms with Gasteiger partial charge in [-0.3, -0.25) is 14.2 Å². The molecule has 5 aromatic rings. The van der Waals surface area contributed by atoms with E-state index in [4.69, 9.17) is 4.74 Å². The molecule has 1 N–H and O–H groups in total. The second kappa shape index (κ2) is 8.67. The van der Waals surface area contributed by atoms with Gasteiger partial charge in [-0.1, -0.05) is 43.3 Å². The van der Waals surface area contributed by atoms with Gasteiger partial charge in [0, 0.05) is 28.9 Å². The maximum atomic E-state index is 13.6. The molecule has 3 heterocycles. The summed E-state index contributed by atoms with van der Waals surface area (Å²) in [6, 6.07) is 15.9. The van der Waals surface area contributed by atoms with Crippen LogP contribution >= 0.6 is 11.3 Å². The van der Waals surface area contributed by atoms with Gasteiger partial charge in [-0.05, 0) is 35.7 Å². The largest absolute Gasteiger partial charge is 0.488 e. The average molecular weight is 458 g/mol. The van der Waals surface area contributed by atoms with Crippen molar-refractivity contribution in [1.29, 1.82) is 0 Å². The van der Waals surface area contributed by atoms with E-state index in [1.54, 1.807) is 10.8 Å². The lowest BCUT2D eigenvalue weighted by molar-refractivity contribution is 0.313. The molecule has 0 bridgehead atoms. The zero-order valence-electron chi connectivity index (χ0n) is 18.4. The third-order valence-electron chi connectivity index (χ3n) is 5.67. The summed E-state index contributed by atoms with van der Waals surface area (Å²) in [5, 5.41) is 4.88. The Morgan fingerprint density at radius 3 is 2.70 bits per heavy atom. The van der Waals surface area contributed by atoms with E-state index in [1.165, 1.54) is 17.4 Å². The Kier molecular flexibility index (Phi) is 5.56. The Labute approximate surface area is 194 Å². The Hall–Kier alpha value is -3.71. The Bertz CT molecular complexity index is 1600. The highest BCUT2D eigenvalue weighted by Gasteiger charge is 2.16. The number of pyridine rings is 1. The number of hydrogen-bond acceptors (Lipinski definition) is 5. The lowest BCUT2D eigenvalue weighted by atomic mass is 10.0. The number of nitrogens with one attached hydrogen (secondary N) is 1. The first-order valence-electron chi connectivity index (χ1n) is 10.9. The fraction of sp³-hybridized carbons (Fsp3) is 0.192. The Morgan fingerprint density at radius 1 is 1.09 bits per heavy atom. The van der Waals surface area contributed by atoms with Gasteiger partial charge in [0.05, 0.1) is 18.5 Å². The maximum Gasteiger partial charge on any atom is 0.263 e. The first-order valence-corrected chi connectivity index (χ1v) is 11.8. The lowest BCUT2D eigenvalue weighted by Crippen LogP contribution is -2.25. The van der Waals surface area contributed by atoms with Crippen molar-refractivity contribution < 1.29 is 4.74 Å². The quantitative estimate of drug-likeness (QED) is 0.384. The van der Waals surface area contributed by atoms with Crippen LogP contribution < -0.4 is 15.7 Å². The van der Waals surface area contributed by atoms with E-state index in [1.807, 2.05) is 37.4 Å². The highest BCUT2D eigenvalue weighted by Crippen LogP contribution is 2.32. The van der Waals surface area contributed by atoms with Gasteiger partial charge >= 0.3 is 0 Å². The van der Waals surface area contributed by atoms with Gasteiger partial charge in [0.15, 0.2) is 5.75 Å². The number of H-pyrrole nitrogens is 1. The van der Waals surface area contributed by atoms with E-state index in [0.29, 0.717) is 28.3 Å². The summed E-state index contributed by atoms with van der Waals surface area (Å²) in [7, 11) is 0. The minimum Gasteiger partial charge on any atom is -0.488 e. The highest BCUT2D eigenvalue weighted by molar-refractivity contribution is 7.17. The predicted molar refractivity (Wildman–Crippen MR) is 134 cm³/mol. The van der Waals surface area contributed by atoms with Crippen LogP contribution in [-0.2, 0) is 6.54 Å². The third kappa shape index (κ3) is 3.96. The molecular formula is C26H23N3O3S. The van der Waals surface area contributed by atoms with E-state index >= 15 is 0 Å². The van der Waals surface area contributed by atoms with Crippen molar-refractivity contribution in [2.24, 2.45) is 0 Å². The molecule has 0 aliphatic rings. The van der Waals surface area contributed by atoms with Crippen LogP contribution in [-0.4, -0.2) is 21.1 Å². The maximum absolute atomic E-state index is 13.6. The second-order valence-electron chi connectivity index (χ2n) is 7.98. The molecule has 0 saturated carbocycles. The lowest BCUT2D eigenvalue weighted by Gasteiger charge is -2.11. The fourth-order valence-electron chi connectivity index (χ4n) is 3.97. The minimum atomic E-state index is -0.204. The van der Waals surface area contributed by atoms with Crippen LogP contribution in [0.25, 0.3) is 32.1 Å². The van der Waals surface area contributed by atoms with Crippen molar-refractivity contribution >= 4 is 32.3 Å². The first-order chi connectivity index (χ1) is 16.0. The molecule has 0 atom stereocenters. The minimum absolute atomic E-state index is 0.117. The van der Waals surface area contributed by atoms with Crippen molar-refractivity contribution in [3.8, 4) is 16.9 Å². The zero-order valence-corrected chi connectivity index (χ0v) is 19.2. The van der Waals surface area contributed by atoms with Crippen LogP contribution in [0.3, 0.4) is 0 Å². The molecular weight excluding hydrogens is 434 g/mol. The molecule has 7 heteroatoms. The van der Waals surface area contributed by atoms with Crippen molar-refractivity contribution in [3.63, 3.8) is 0 Å². The van der Waals surface area contributed by atoms with Gasteiger partial charge < -0.3 is 9.72 Å². The number of nitrogens with zero attached hydrogens (tertiary/aromatic N) is 2. The molecule has 0 aliphatic heterocycles. The van der Waals surface area contributed by atoms with Gasteiger partial charge in [-0.15, -0.1) is 11.3 Å². The number of fused-ring (bicyclic) bond motifs is 2. The van der Waals surface area contributed by atoms with E-state index in [-0.39, 0.29) is 23.3 Å². The van der Waals surface area contributed by atoms with Crippen LogP contribution in [0.4, 0.5) is 0 Å². The number of aromatic amines is 1. The van der Waals surface area contributed by atoms with Crippen molar-refractivity contribution in [3.05, 3.63) is 92.2 Å². The average Bonchev–Trinajstić information content (AvgIpc) is 3.25. The SMILES string of the molecule is CCCOc1c[nH]c(Cn2c(C)nc3scc(-c4ccc5ccccc5c4)c3c2=O)cc1=O. The molecule has 0 radical (unpaired) electrons. The van der Waals surface area contributed by atoms with E-state index in [9.17, 15) is 9.59 Å². The molecule has 0 unspecified atom stereocenters.